The molecule has 2 aromatic rings. The van der Waals surface area contributed by atoms with Gasteiger partial charge in [-0.3, -0.25) is 4.31 Å². The minimum Gasteiger partial charge on any atom is -0.489 e. The Balaban J connectivity index is 1.77. The van der Waals surface area contributed by atoms with E-state index in [1.807, 2.05) is 6.07 Å². The van der Waals surface area contributed by atoms with Gasteiger partial charge in [-0.25, -0.2) is 8.42 Å². The molecule has 23 heavy (non-hydrogen) atoms. The summed E-state index contributed by atoms with van der Waals surface area (Å²) < 4.78 is 43.8. The van der Waals surface area contributed by atoms with Crippen molar-refractivity contribution in [2.24, 2.45) is 0 Å². The lowest BCUT2D eigenvalue weighted by Crippen LogP contribution is -2.37. The van der Waals surface area contributed by atoms with E-state index in [4.69, 9.17) is 14.2 Å². The molecule has 2 heterocycles. The number of fused-ring (bicyclic) bond motifs is 2. The monoisotopic (exact) mass is 333 g/mol. The number of hydrogen-bond acceptors (Lipinski definition) is 5. The highest BCUT2D eigenvalue weighted by Crippen LogP contribution is 2.37. The van der Waals surface area contributed by atoms with Crippen molar-refractivity contribution >= 4 is 15.7 Å². The van der Waals surface area contributed by atoms with Gasteiger partial charge < -0.3 is 14.2 Å². The molecule has 120 valence electrons. The van der Waals surface area contributed by atoms with E-state index in [2.05, 4.69) is 0 Å². The summed E-state index contributed by atoms with van der Waals surface area (Å²) in [6, 6.07) is 11.8. The highest BCUT2D eigenvalue weighted by atomic mass is 32.2. The Bertz CT molecular complexity index is 849. The zero-order valence-corrected chi connectivity index (χ0v) is 13.1. The molecule has 0 aromatic heterocycles. The van der Waals surface area contributed by atoms with Gasteiger partial charge in [0.05, 0.1) is 17.1 Å². The molecule has 0 N–H and O–H groups in total. The first kappa shape index (κ1) is 14.2. The number of sulfonamides is 1. The molecule has 6 nitrogen and oxygen atoms in total. The molecule has 0 spiro atoms. The Morgan fingerprint density at radius 3 is 2.43 bits per heavy atom. The van der Waals surface area contributed by atoms with Crippen LogP contribution in [0.25, 0.3) is 0 Å². The number of rotatable bonds is 2. The minimum absolute atomic E-state index is 0.179. The van der Waals surface area contributed by atoms with Gasteiger partial charge in [-0.2, -0.15) is 0 Å². The maximum Gasteiger partial charge on any atom is 0.264 e. The molecule has 2 aliphatic heterocycles. The third-order valence-electron chi connectivity index (χ3n) is 3.79. The predicted molar refractivity (Wildman–Crippen MR) is 83.9 cm³/mol. The molecule has 0 saturated heterocycles. The zero-order valence-electron chi connectivity index (χ0n) is 12.3. The largest absolute Gasteiger partial charge is 0.489 e. The van der Waals surface area contributed by atoms with Gasteiger partial charge >= 0.3 is 0 Å². The second kappa shape index (κ2) is 5.34. The first-order valence-electron chi connectivity index (χ1n) is 7.30. The summed E-state index contributed by atoms with van der Waals surface area (Å²) in [5.74, 6) is 1.59. The van der Waals surface area contributed by atoms with Crippen LogP contribution in [0.2, 0.25) is 0 Å². The maximum atomic E-state index is 13.0. The van der Waals surface area contributed by atoms with Crippen LogP contribution in [0.1, 0.15) is 0 Å². The minimum atomic E-state index is -3.69. The van der Waals surface area contributed by atoms with Crippen LogP contribution >= 0.6 is 0 Å². The molecule has 4 rings (SSSR count). The Morgan fingerprint density at radius 1 is 0.826 bits per heavy atom. The topological polar surface area (TPSA) is 65.1 Å². The molecule has 0 radical (unpaired) electrons. The molecule has 0 bridgehead atoms. The lowest BCUT2D eigenvalue weighted by Gasteiger charge is -2.30. The molecular formula is C16H15NO5S. The molecular weight excluding hydrogens is 318 g/mol. The van der Waals surface area contributed by atoms with E-state index in [-0.39, 0.29) is 11.4 Å². The van der Waals surface area contributed by atoms with Crippen molar-refractivity contribution in [2.75, 3.05) is 30.7 Å². The van der Waals surface area contributed by atoms with Gasteiger partial charge in [-0.1, -0.05) is 12.1 Å². The van der Waals surface area contributed by atoms with E-state index >= 15 is 0 Å². The van der Waals surface area contributed by atoms with Crippen LogP contribution in [0, 0.1) is 0 Å². The quantitative estimate of drug-likeness (QED) is 0.841. The molecule has 0 amide bonds. The number of anilines is 1. The lowest BCUT2D eigenvalue weighted by atomic mass is 10.2. The summed E-state index contributed by atoms with van der Waals surface area (Å²) in [6.07, 6.45) is 0. The normalized spacial score (nSPS) is 16.4. The van der Waals surface area contributed by atoms with E-state index in [1.54, 1.807) is 30.3 Å². The molecule has 2 aromatic carbocycles. The Hall–Kier alpha value is -2.41. The van der Waals surface area contributed by atoms with E-state index < -0.39 is 10.0 Å². The fraction of sp³-hybridized carbons (Fsp3) is 0.250. The average molecular weight is 333 g/mol. The third-order valence-corrected chi connectivity index (χ3v) is 5.60. The smallest absolute Gasteiger partial charge is 0.264 e. The van der Waals surface area contributed by atoms with Crippen molar-refractivity contribution in [3.8, 4) is 17.2 Å². The Kier molecular flexibility index (Phi) is 3.30. The van der Waals surface area contributed by atoms with Crippen LogP contribution in [0.15, 0.2) is 47.4 Å². The summed E-state index contributed by atoms with van der Waals surface area (Å²) in [4.78, 5) is 0.179. The van der Waals surface area contributed by atoms with Gasteiger partial charge in [0.2, 0.25) is 0 Å². The molecule has 0 aliphatic carbocycles. The van der Waals surface area contributed by atoms with Crippen LogP contribution < -0.4 is 18.5 Å². The molecule has 0 unspecified atom stereocenters. The van der Waals surface area contributed by atoms with Gasteiger partial charge in [0.25, 0.3) is 10.0 Å². The fourth-order valence-electron chi connectivity index (χ4n) is 2.71. The predicted octanol–water partition coefficient (Wildman–Crippen LogP) is 2.05. The number of hydrogen-bond donors (Lipinski definition) is 0. The summed E-state index contributed by atoms with van der Waals surface area (Å²) in [7, 11) is -3.69. The second-order valence-corrected chi connectivity index (χ2v) is 7.06. The van der Waals surface area contributed by atoms with Gasteiger partial charge in [0, 0.05) is 6.07 Å². The fourth-order valence-corrected chi connectivity index (χ4v) is 4.18. The summed E-state index contributed by atoms with van der Waals surface area (Å²) in [5.41, 5.74) is 0.550. The zero-order chi connectivity index (χ0) is 15.9. The van der Waals surface area contributed by atoms with Gasteiger partial charge in [0.1, 0.15) is 25.6 Å². The number of para-hydroxylation sites is 2. The number of benzene rings is 2. The Morgan fingerprint density at radius 2 is 1.57 bits per heavy atom. The third kappa shape index (κ3) is 2.37. The molecule has 0 saturated carbocycles. The average Bonchev–Trinajstić information content (AvgIpc) is 2.60. The van der Waals surface area contributed by atoms with Crippen LogP contribution in [0.4, 0.5) is 5.69 Å². The highest BCUT2D eigenvalue weighted by molar-refractivity contribution is 7.92. The summed E-state index contributed by atoms with van der Waals surface area (Å²) in [5, 5.41) is 0. The van der Waals surface area contributed by atoms with Gasteiger partial charge in [-0.05, 0) is 24.3 Å². The first-order valence-corrected chi connectivity index (χ1v) is 8.74. The number of ether oxygens (including phenoxy) is 3. The first-order chi connectivity index (χ1) is 11.2. The van der Waals surface area contributed by atoms with Crippen molar-refractivity contribution in [2.45, 2.75) is 4.90 Å². The van der Waals surface area contributed by atoms with Crippen molar-refractivity contribution in [3.05, 3.63) is 42.5 Å². The van der Waals surface area contributed by atoms with Gasteiger partial charge in [-0.15, -0.1) is 0 Å². The van der Waals surface area contributed by atoms with Crippen LogP contribution in [0.5, 0.6) is 17.2 Å². The highest BCUT2D eigenvalue weighted by Gasteiger charge is 2.30. The maximum absolute atomic E-state index is 13.0. The SMILES string of the molecule is O=S(=O)(c1ccc2c(c1)OCCO2)N1CCOc2ccccc21. The van der Waals surface area contributed by atoms with Crippen LogP contribution in [-0.4, -0.2) is 34.8 Å². The van der Waals surface area contributed by atoms with E-state index in [9.17, 15) is 8.42 Å². The second-order valence-electron chi connectivity index (χ2n) is 5.20. The molecule has 7 heteroatoms. The number of nitrogens with zero attached hydrogens (tertiary/aromatic N) is 1. The van der Waals surface area contributed by atoms with Crippen molar-refractivity contribution in [1.29, 1.82) is 0 Å². The van der Waals surface area contributed by atoms with Crippen molar-refractivity contribution in [1.82, 2.24) is 0 Å². The van der Waals surface area contributed by atoms with Gasteiger partial charge in [0.15, 0.2) is 11.5 Å². The van der Waals surface area contributed by atoms with E-state index in [1.165, 1.54) is 10.4 Å². The molecule has 2 aliphatic rings. The standard InChI is InChI=1S/C16H15NO5S/c18-23(19,12-5-6-15-16(11-12)22-10-9-21-15)17-7-8-20-14-4-2-1-3-13(14)17/h1-6,11H,7-10H2. The Labute approximate surface area is 134 Å². The summed E-state index contributed by atoms with van der Waals surface area (Å²) >= 11 is 0. The van der Waals surface area contributed by atoms with Crippen LogP contribution in [-0.2, 0) is 10.0 Å². The van der Waals surface area contributed by atoms with E-state index in [0.717, 1.165) is 0 Å². The lowest BCUT2D eigenvalue weighted by molar-refractivity contribution is 0.171. The molecule has 0 fully saturated rings. The summed E-state index contributed by atoms with van der Waals surface area (Å²) in [6.45, 7) is 1.47. The van der Waals surface area contributed by atoms with Crippen LogP contribution in [0.3, 0.4) is 0 Å². The van der Waals surface area contributed by atoms with Crippen molar-refractivity contribution in [3.63, 3.8) is 0 Å². The molecule has 0 atom stereocenters. The van der Waals surface area contributed by atoms with E-state index in [0.29, 0.717) is 42.8 Å². The van der Waals surface area contributed by atoms with Crippen molar-refractivity contribution < 1.29 is 22.6 Å².